The van der Waals surface area contributed by atoms with E-state index in [1.165, 1.54) is 154 Å². The summed E-state index contributed by atoms with van der Waals surface area (Å²) in [6.45, 7) is 6.46. The summed E-state index contributed by atoms with van der Waals surface area (Å²) >= 11 is 0. The molecule has 6 heteroatoms. The van der Waals surface area contributed by atoms with Gasteiger partial charge in [0.2, 0.25) is 0 Å². The predicted octanol–water partition coefficient (Wildman–Crippen LogP) is 22.4. The number of carbonyl (C=O) groups excluding carboxylic acids is 3. The number of carbonyl (C=O) groups is 3. The van der Waals surface area contributed by atoms with E-state index >= 15 is 0 Å². The molecule has 0 radical (unpaired) electrons. The first kappa shape index (κ1) is 73.3. The Morgan fingerprint density at radius 1 is 0.273 bits per heavy atom. The first-order valence-electron chi connectivity index (χ1n) is 32.7. The molecule has 0 aromatic heterocycles. The summed E-state index contributed by atoms with van der Waals surface area (Å²) in [5.74, 6) is -0.897. The van der Waals surface area contributed by atoms with Gasteiger partial charge in [-0.1, -0.05) is 279 Å². The highest BCUT2D eigenvalue weighted by Crippen LogP contribution is 2.17. The highest BCUT2D eigenvalue weighted by molar-refractivity contribution is 5.71. The lowest BCUT2D eigenvalue weighted by molar-refractivity contribution is -0.167. The fourth-order valence-corrected chi connectivity index (χ4v) is 9.13. The Hall–Kier alpha value is -3.67. The average molecular weight is 1070 g/mol. The molecule has 0 aliphatic heterocycles. The van der Waals surface area contributed by atoms with Crippen LogP contribution in [0.3, 0.4) is 0 Å². The van der Waals surface area contributed by atoms with Crippen LogP contribution in [0.25, 0.3) is 0 Å². The zero-order chi connectivity index (χ0) is 55.7. The van der Waals surface area contributed by atoms with Crippen molar-refractivity contribution in [2.45, 2.75) is 322 Å². The average Bonchev–Trinajstić information content (AvgIpc) is 3.43. The van der Waals surface area contributed by atoms with Gasteiger partial charge in [0, 0.05) is 19.3 Å². The number of esters is 3. The molecule has 0 rings (SSSR count). The minimum atomic E-state index is -0.786. The molecule has 442 valence electrons. The monoisotopic (exact) mass is 1070 g/mol. The molecule has 0 saturated carbocycles. The van der Waals surface area contributed by atoms with Crippen molar-refractivity contribution >= 4 is 17.9 Å². The van der Waals surface area contributed by atoms with Crippen LogP contribution < -0.4 is 0 Å². The zero-order valence-corrected chi connectivity index (χ0v) is 50.7. The standard InChI is InChI=1S/C71H122O6/c1-4-7-10-13-16-19-22-24-26-27-28-29-30-31-32-33-34-35-36-37-38-39-40-41-42-43-45-46-49-52-55-58-61-64-70(73)76-67-68(66-75-69(72)63-60-57-54-51-48-21-18-15-12-9-6-3)77-71(74)65-62-59-56-53-50-47-44-25-23-20-17-14-11-8-5-2/h7,10,15-20,24-26,28-29,31-32,44,68H,4-6,8-9,11-14,21-23,27,30,33-43,45-67H2,1-3H3/b10-7-,18-15-,19-16-,20-17-,26-24-,29-28-,32-31-,44-25-. The lowest BCUT2D eigenvalue weighted by atomic mass is 10.0. The second-order valence-electron chi connectivity index (χ2n) is 21.6. The third-order valence-electron chi connectivity index (χ3n) is 14.0. The van der Waals surface area contributed by atoms with E-state index in [2.05, 4.69) is 118 Å². The van der Waals surface area contributed by atoms with Gasteiger partial charge in [-0.05, 0) is 116 Å². The van der Waals surface area contributed by atoms with Crippen LogP contribution in [-0.4, -0.2) is 37.2 Å². The quantitative estimate of drug-likeness (QED) is 0.0261. The smallest absolute Gasteiger partial charge is 0.306 e. The largest absolute Gasteiger partial charge is 0.462 e. The second-order valence-corrected chi connectivity index (χ2v) is 21.6. The Kier molecular flexibility index (Phi) is 61.8. The van der Waals surface area contributed by atoms with Gasteiger partial charge in [0.25, 0.3) is 0 Å². The van der Waals surface area contributed by atoms with Crippen LogP contribution in [0.15, 0.2) is 97.2 Å². The van der Waals surface area contributed by atoms with Crippen LogP contribution in [0.1, 0.15) is 316 Å². The van der Waals surface area contributed by atoms with Crippen LogP contribution in [0, 0.1) is 0 Å². The summed E-state index contributed by atoms with van der Waals surface area (Å²) in [4.78, 5) is 38.2. The first-order chi connectivity index (χ1) is 38.0. The molecule has 1 atom stereocenters. The fraction of sp³-hybridized carbons (Fsp3) is 0.732. The molecule has 0 bridgehead atoms. The SMILES string of the molecule is CC/C=C\C/C=C\C/C=C\C/C=C\C/C=C\CCCCCCCCCCCCCCCCCCCC(=O)OCC(COC(=O)CCCCCCC/C=C\CCCC)OC(=O)CCCCCCC/C=C\C/C=C\CCCCC. The number of hydrogen-bond acceptors (Lipinski definition) is 6. The number of hydrogen-bond donors (Lipinski definition) is 0. The maximum Gasteiger partial charge on any atom is 0.306 e. The maximum absolute atomic E-state index is 12.9. The summed E-state index contributed by atoms with van der Waals surface area (Å²) in [5.41, 5.74) is 0. The van der Waals surface area contributed by atoms with Gasteiger partial charge in [0.15, 0.2) is 6.10 Å². The molecule has 0 N–H and O–H groups in total. The van der Waals surface area contributed by atoms with Crippen molar-refractivity contribution in [3.63, 3.8) is 0 Å². The summed E-state index contributed by atoms with van der Waals surface area (Å²) in [5, 5.41) is 0. The van der Waals surface area contributed by atoms with Crippen LogP contribution in [0.4, 0.5) is 0 Å². The van der Waals surface area contributed by atoms with E-state index in [4.69, 9.17) is 14.2 Å². The molecule has 0 amide bonds. The minimum Gasteiger partial charge on any atom is -0.462 e. The Morgan fingerprint density at radius 3 is 0.844 bits per heavy atom. The van der Waals surface area contributed by atoms with Crippen molar-refractivity contribution in [1.82, 2.24) is 0 Å². The number of allylic oxidation sites excluding steroid dienone is 16. The van der Waals surface area contributed by atoms with E-state index in [0.717, 1.165) is 122 Å². The third kappa shape index (κ3) is 63.0. The van der Waals surface area contributed by atoms with Crippen molar-refractivity contribution in [2.24, 2.45) is 0 Å². The summed E-state index contributed by atoms with van der Waals surface area (Å²) in [7, 11) is 0. The molecular weight excluding hydrogens is 949 g/mol. The van der Waals surface area contributed by atoms with Gasteiger partial charge in [-0.3, -0.25) is 14.4 Å². The second kappa shape index (κ2) is 64.9. The van der Waals surface area contributed by atoms with Crippen molar-refractivity contribution in [3.05, 3.63) is 97.2 Å². The van der Waals surface area contributed by atoms with E-state index in [-0.39, 0.29) is 31.1 Å². The van der Waals surface area contributed by atoms with Gasteiger partial charge in [-0.15, -0.1) is 0 Å². The molecule has 0 spiro atoms. The highest BCUT2D eigenvalue weighted by atomic mass is 16.6. The van der Waals surface area contributed by atoms with E-state index in [1.807, 2.05) is 0 Å². The molecule has 0 aromatic carbocycles. The minimum absolute atomic E-state index is 0.0830. The summed E-state index contributed by atoms with van der Waals surface area (Å²) < 4.78 is 16.9. The third-order valence-corrected chi connectivity index (χ3v) is 14.0. The van der Waals surface area contributed by atoms with Crippen molar-refractivity contribution in [2.75, 3.05) is 13.2 Å². The van der Waals surface area contributed by atoms with Crippen LogP contribution in [0.5, 0.6) is 0 Å². The van der Waals surface area contributed by atoms with Crippen LogP contribution >= 0.6 is 0 Å². The lowest BCUT2D eigenvalue weighted by Gasteiger charge is -2.18. The Labute approximate surface area is 477 Å². The molecule has 77 heavy (non-hydrogen) atoms. The Bertz CT molecular complexity index is 1510. The van der Waals surface area contributed by atoms with Gasteiger partial charge in [-0.25, -0.2) is 0 Å². The topological polar surface area (TPSA) is 78.9 Å². The zero-order valence-electron chi connectivity index (χ0n) is 50.7. The van der Waals surface area contributed by atoms with E-state index < -0.39 is 6.10 Å². The molecule has 0 saturated heterocycles. The molecule has 1 unspecified atom stereocenters. The van der Waals surface area contributed by atoms with Gasteiger partial charge < -0.3 is 14.2 Å². The molecule has 0 fully saturated rings. The first-order valence-corrected chi connectivity index (χ1v) is 32.7. The molecular formula is C71H122O6. The maximum atomic E-state index is 12.9. The Balaban J connectivity index is 4.13. The normalized spacial score (nSPS) is 12.7. The van der Waals surface area contributed by atoms with E-state index in [0.29, 0.717) is 19.3 Å². The lowest BCUT2D eigenvalue weighted by Crippen LogP contribution is -2.30. The molecule has 0 aliphatic rings. The summed E-state index contributed by atoms with van der Waals surface area (Å²) in [6, 6.07) is 0. The van der Waals surface area contributed by atoms with Crippen molar-refractivity contribution in [1.29, 1.82) is 0 Å². The van der Waals surface area contributed by atoms with Gasteiger partial charge in [0.1, 0.15) is 13.2 Å². The van der Waals surface area contributed by atoms with Crippen LogP contribution in [-0.2, 0) is 28.6 Å². The molecule has 0 aromatic rings. The van der Waals surface area contributed by atoms with Gasteiger partial charge >= 0.3 is 17.9 Å². The van der Waals surface area contributed by atoms with Crippen molar-refractivity contribution < 1.29 is 28.6 Å². The molecule has 6 nitrogen and oxygen atoms in total. The number of rotatable bonds is 59. The molecule has 0 aliphatic carbocycles. The predicted molar refractivity (Wildman–Crippen MR) is 334 cm³/mol. The van der Waals surface area contributed by atoms with E-state index in [1.54, 1.807) is 0 Å². The molecule has 0 heterocycles. The van der Waals surface area contributed by atoms with Gasteiger partial charge in [-0.2, -0.15) is 0 Å². The van der Waals surface area contributed by atoms with E-state index in [9.17, 15) is 14.4 Å². The van der Waals surface area contributed by atoms with Crippen LogP contribution in [0.2, 0.25) is 0 Å². The number of ether oxygens (including phenoxy) is 3. The Morgan fingerprint density at radius 2 is 0.519 bits per heavy atom. The van der Waals surface area contributed by atoms with Gasteiger partial charge in [0.05, 0.1) is 0 Å². The fourth-order valence-electron chi connectivity index (χ4n) is 9.13. The summed E-state index contributed by atoms with van der Waals surface area (Å²) in [6.07, 6.45) is 87.2. The van der Waals surface area contributed by atoms with Crippen molar-refractivity contribution in [3.8, 4) is 0 Å². The number of unbranched alkanes of at least 4 members (excludes halogenated alkanes) is 32. The highest BCUT2D eigenvalue weighted by Gasteiger charge is 2.19.